The topological polar surface area (TPSA) is 17.1 Å². The van der Waals surface area contributed by atoms with Gasteiger partial charge in [0.2, 0.25) is 6.29 Å². The first-order chi connectivity index (χ1) is 4.90. The third-order valence-corrected chi connectivity index (χ3v) is 2.73. The van der Waals surface area contributed by atoms with E-state index in [9.17, 15) is 4.79 Å². The molecule has 53 valence electrons. The van der Waals surface area contributed by atoms with E-state index < -0.39 is 0 Å². The Morgan fingerprint density at radius 3 is 2.50 bits per heavy atom. The molecule has 1 nitrogen and oxygen atoms in total. The fraction of sp³-hybridized carbons (Fsp3) is 0.667. The molecule has 0 aromatic heterocycles. The van der Waals surface area contributed by atoms with Crippen LogP contribution in [0.2, 0.25) is 0 Å². The fourth-order valence-electron chi connectivity index (χ4n) is 2.07. The summed E-state index contributed by atoms with van der Waals surface area (Å²) in [5.41, 5.74) is 0. The van der Waals surface area contributed by atoms with Crippen LogP contribution in [0.1, 0.15) is 19.3 Å². The molecule has 0 heterocycles. The maximum atomic E-state index is 10.4. The van der Waals surface area contributed by atoms with Crippen molar-refractivity contribution in [2.75, 3.05) is 0 Å². The van der Waals surface area contributed by atoms with Crippen molar-refractivity contribution < 1.29 is 4.79 Å². The molecule has 3 aliphatic carbocycles. The molecule has 0 aliphatic heterocycles. The van der Waals surface area contributed by atoms with Gasteiger partial charge in [-0.15, -0.1) is 0 Å². The Hall–Kier alpha value is -0.590. The quantitative estimate of drug-likeness (QED) is 0.500. The van der Waals surface area contributed by atoms with E-state index in [2.05, 4.69) is 18.4 Å². The summed E-state index contributed by atoms with van der Waals surface area (Å²) in [4.78, 5) is 10.4. The lowest BCUT2D eigenvalue weighted by atomic mass is 9.70. The van der Waals surface area contributed by atoms with Crippen LogP contribution in [0.25, 0.3) is 0 Å². The van der Waals surface area contributed by atoms with E-state index in [0.717, 1.165) is 6.42 Å². The smallest absolute Gasteiger partial charge is 0.202 e. The maximum Gasteiger partial charge on any atom is 0.202 e. The summed E-state index contributed by atoms with van der Waals surface area (Å²) in [5, 5.41) is 0. The predicted octanol–water partition coefficient (Wildman–Crippen LogP) is 1.70. The minimum Gasteiger partial charge on any atom is -0.291 e. The molecule has 1 radical (unpaired) electrons. The number of hydrogen-bond donors (Lipinski definition) is 0. The maximum absolute atomic E-state index is 10.4. The van der Waals surface area contributed by atoms with Crippen LogP contribution in [0.4, 0.5) is 0 Å². The normalized spacial score (nSPS) is 43.8. The van der Waals surface area contributed by atoms with Gasteiger partial charge in [-0.2, -0.15) is 0 Å². The van der Waals surface area contributed by atoms with E-state index in [1.165, 1.54) is 12.8 Å². The summed E-state index contributed by atoms with van der Waals surface area (Å²) < 4.78 is 0. The zero-order valence-electron chi connectivity index (χ0n) is 5.92. The third-order valence-electron chi connectivity index (χ3n) is 2.73. The van der Waals surface area contributed by atoms with Gasteiger partial charge in [0.25, 0.3) is 0 Å². The van der Waals surface area contributed by atoms with Gasteiger partial charge in [-0.05, 0) is 31.1 Å². The molecule has 1 fully saturated rings. The fourth-order valence-corrected chi connectivity index (χ4v) is 2.07. The van der Waals surface area contributed by atoms with E-state index in [1.54, 1.807) is 0 Å². The van der Waals surface area contributed by atoms with Crippen molar-refractivity contribution in [2.45, 2.75) is 19.3 Å². The van der Waals surface area contributed by atoms with Gasteiger partial charge in [0.05, 0.1) is 0 Å². The largest absolute Gasteiger partial charge is 0.291 e. The average Bonchev–Trinajstić information content (AvgIpc) is 2.06. The van der Waals surface area contributed by atoms with Gasteiger partial charge in [-0.1, -0.05) is 12.2 Å². The van der Waals surface area contributed by atoms with E-state index >= 15 is 0 Å². The van der Waals surface area contributed by atoms with Crippen molar-refractivity contribution in [2.24, 2.45) is 17.8 Å². The van der Waals surface area contributed by atoms with E-state index in [1.807, 2.05) is 0 Å². The van der Waals surface area contributed by atoms with Crippen LogP contribution in [-0.4, -0.2) is 6.29 Å². The lowest BCUT2D eigenvalue weighted by molar-refractivity contribution is 0.271. The SMILES string of the molecule is O=[C]C1CC2C=CC1CC2. The van der Waals surface area contributed by atoms with Crippen LogP contribution >= 0.6 is 0 Å². The molecule has 10 heavy (non-hydrogen) atoms. The molecular formula is C9H11O. The van der Waals surface area contributed by atoms with Crippen LogP contribution in [0.5, 0.6) is 0 Å². The second-order valence-corrected chi connectivity index (χ2v) is 3.35. The molecule has 0 aromatic rings. The van der Waals surface area contributed by atoms with Gasteiger partial charge < -0.3 is 0 Å². The van der Waals surface area contributed by atoms with Gasteiger partial charge >= 0.3 is 0 Å². The molecule has 2 bridgehead atoms. The van der Waals surface area contributed by atoms with Gasteiger partial charge in [0.15, 0.2) is 0 Å². The number of hydrogen-bond acceptors (Lipinski definition) is 1. The Bertz CT molecular complexity index is 172. The monoisotopic (exact) mass is 135 g/mol. The molecule has 0 aromatic carbocycles. The van der Waals surface area contributed by atoms with Crippen molar-refractivity contribution >= 4 is 6.29 Å². The lowest BCUT2D eigenvalue weighted by Crippen LogP contribution is -2.27. The molecule has 0 amide bonds. The Labute approximate surface area is 61.1 Å². The molecule has 3 aliphatic rings. The lowest BCUT2D eigenvalue weighted by Gasteiger charge is -2.34. The highest BCUT2D eigenvalue weighted by Gasteiger charge is 2.31. The molecule has 1 saturated carbocycles. The zero-order valence-corrected chi connectivity index (χ0v) is 5.92. The van der Waals surface area contributed by atoms with Crippen molar-refractivity contribution in [1.82, 2.24) is 0 Å². The highest BCUT2D eigenvalue weighted by molar-refractivity contribution is 5.56. The van der Waals surface area contributed by atoms with Crippen molar-refractivity contribution in [3.63, 3.8) is 0 Å². The average molecular weight is 135 g/mol. The predicted molar refractivity (Wildman–Crippen MR) is 39.2 cm³/mol. The molecular weight excluding hydrogens is 124 g/mol. The second-order valence-electron chi connectivity index (χ2n) is 3.35. The highest BCUT2D eigenvalue weighted by atomic mass is 16.1. The Morgan fingerprint density at radius 2 is 2.20 bits per heavy atom. The molecule has 3 unspecified atom stereocenters. The van der Waals surface area contributed by atoms with Crippen molar-refractivity contribution in [3.05, 3.63) is 12.2 Å². The zero-order chi connectivity index (χ0) is 6.97. The molecule has 0 saturated heterocycles. The van der Waals surface area contributed by atoms with Gasteiger partial charge in [0.1, 0.15) is 0 Å². The molecule has 1 heteroatoms. The van der Waals surface area contributed by atoms with Crippen LogP contribution < -0.4 is 0 Å². The summed E-state index contributed by atoms with van der Waals surface area (Å²) in [6.07, 6.45) is 10.2. The number of fused-ring (bicyclic) bond motifs is 2. The molecule has 3 atom stereocenters. The Morgan fingerprint density at radius 1 is 1.30 bits per heavy atom. The first kappa shape index (κ1) is 6.14. The summed E-state index contributed by atoms with van der Waals surface area (Å²) in [5.74, 6) is 1.45. The summed E-state index contributed by atoms with van der Waals surface area (Å²) >= 11 is 0. The summed E-state index contributed by atoms with van der Waals surface area (Å²) in [6.45, 7) is 0. The molecule has 3 rings (SSSR count). The van der Waals surface area contributed by atoms with Gasteiger partial charge in [-0.25, -0.2) is 0 Å². The number of carbonyl (C=O) groups excluding carboxylic acids is 1. The standard InChI is InChI=1S/C9H11O/c10-6-9-5-7-1-3-8(9)4-2-7/h1,3,7-9H,2,4-5H2. The van der Waals surface area contributed by atoms with Crippen LogP contribution in [0.3, 0.4) is 0 Å². The highest BCUT2D eigenvalue weighted by Crippen LogP contribution is 2.39. The van der Waals surface area contributed by atoms with E-state index in [-0.39, 0.29) is 5.92 Å². The minimum absolute atomic E-state index is 0.226. The van der Waals surface area contributed by atoms with Crippen LogP contribution in [0.15, 0.2) is 12.2 Å². The van der Waals surface area contributed by atoms with Crippen molar-refractivity contribution in [1.29, 1.82) is 0 Å². The van der Waals surface area contributed by atoms with Gasteiger partial charge in [-0.3, -0.25) is 4.79 Å². The minimum atomic E-state index is 0.226. The Balaban J connectivity index is 2.18. The summed E-state index contributed by atoms with van der Waals surface area (Å²) in [6, 6.07) is 0. The van der Waals surface area contributed by atoms with Crippen molar-refractivity contribution in [3.8, 4) is 0 Å². The number of rotatable bonds is 1. The first-order valence-corrected chi connectivity index (χ1v) is 3.96. The van der Waals surface area contributed by atoms with E-state index in [4.69, 9.17) is 0 Å². The molecule has 0 spiro atoms. The first-order valence-electron chi connectivity index (χ1n) is 3.96. The van der Waals surface area contributed by atoms with Gasteiger partial charge in [0, 0.05) is 5.92 Å². The Kier molecular flexibility index (Phi) is 1.37. The molecule has 0 N–H and O–H groups in total. The summed E-state index contributed by atoms with van der Waals surface area (Å²) in [7, 11) is 0. The second kappa shape index (κ2) is 2.22. The number of allylic oxidation sites excluding steroid dienone is 2. The van der Waals surface area contributed by atoms with Crippen LogP contribution in [-0.2, 0) is 4.79 Å². The third kappa shape index (κ3) is 0.808. The van der Waals surface area contributed by atoms with Crippen LogP contribution in [0, 0.1) is 17.8 Å². The van der Waals surface area contributed by atoms with E-state index in [0.29, 0.717) is 11.8 Å².